The maximum atomic E-state index is 13.1. The van der Waals surface area contributed by atoms with Crippen molar-refractivity contribution >= 4 is 25.7 Å². The molecular formula is C17H21FN2O4S2. The minimum Gasteiger partial charge on any atom is -0.279 e. The molecule has 0 aliphatic rings. The molecule has 0 aromatic heterocycles. The lowest BCUT2D eigenvalue weighted by Gasteiger charge is -2.18. The summed E-state index contributed by atoms with van der Waals surface area (Å²) < 4.78 is 66.7. The number of nitrogens with zero attached hydrogens (tertiary/aromatic N) is 1. The van der Waals surface area contributed by atoms with Gasteiger partial charge in [-0.25, -0.2) is 21.2 Å². The Kier molecular flexibility index (Phi) is 6.05. The summed E-state index contributed by atoms with van der Waals surface area (Å²) in [7, 11) is -7.58. The van der Waals surface area contributed by atoms with Crippen LogP contribution in [0.4, 0.5) is 10.1 Å². The number of rotatable bonds is 7. The zero-order valence-electron chi connectivity index (χ0n) is 14.7. The van der Waals surface area contributed by atoms with Gasteiger partial charge in [-0.2, -0.15) is 4.31 Å². The summed E-state index contributed by atoms with van der Waals surface area (Å²) in [6, 6.07) is 8.71. The fourth-order valence-corrected chi connectivity index (χ4v) is 5.04. The molecule has 0 saturated carbocycles. The van der Waals surface area contributed by atoms with E-state index < -0.39 is 25.9 Å². The summed E-state index contributed by atoms with van der Waals surface area (Å²) in [5.74, 6) is -0.462. The predicted octanol–water partition coefficient (Wildman–Crippen LogP) is 2.97. The largest absolute Gasteiger partial charge is 0.279 e. The van der Waals surface area contributed by atoms with Crippen LogP contribution in [0.25, 0.3) is 0 Å². The second-order valence-electron chi connectivity index (χ2n) is 5.63. The molecule has 2 aromatic carbocycles. The maximum absolute atomic E-state index is 13.1. The number of halogens is 1. The minimum absolute atomic E-state index is 0.0260. The number of anilines is 1. The SMILES string of the molecule is CCN(CC)S(=O)(=O)c1ccc(S(=O)(=O)Nc2ccc(F)cc2C)cc1. The summed E-state index contributed by atoms with van der Waals surface area (Å²) in [5.41, 5.74) is 0.695. The van der Waals surface area contributed by atoms with Gasteiger partial charge < -0.3 is 0 Å². The third-order valence-corrected chi connectivity index (χ3v) is 7.36. The summed E-state index contributed by atoms with van der Waals surface area (Å²) in [5, 5.41) is 0. The molecule has 9 heteroatoms. The molecule has 26 heavy (non-hydrogen) atoms. The fraction of sp³-hybridized carbons (Fsp3) is 0.294. The highest BCUT2D eigenvalue weighted by Crippen LogP contribution is 2.22. The number of benzene rings is 2. The Labute approximate surface area is 153 Å². The Bertz CT molecular complexity index is 984. The van der Waals surface area contributed by atoms with Gasteiger partial charge in [-0.3, -0.25) is 4.72 Å². The van der Waals surface area contributed by atoms with Crippen LogP contribution in [0.5, 0.6) is 0 Å². The molecule has 1 N–H and O–H groups in total. The van der Waals surface area contributed by atoms with Crippen LogP contribution in [0.2, 0.25) is 0 Å². The smallest absolute Gasteiger partial charge is 0.261 e. The number of sulfonamides is 2. The van der Waals surface area contributed by atoms with Gasteiger partial charge in [0, 0.05) is 13.1 Å². The van der Waals surface area contributed by atoms with Crippen molar-refractivity contribution in [1.29, 1.82) is 0 Å². The van der Waals surface area contributed by atoms with Crippen molar-refractivity contribution < 1.29 is 21.2 Å². The molecule has 2 aromatic rings. The Balaban J connectivity index is 2.32. The molecule has 6 nitrogen and oxygen atoms in total. The Morgan fingerprint density at radius 2 is 1.46 bits per heavy atom. The lowest BCUT2D eigenvalue weighted by Crippen LogP contribution is -2.30. The van der Waals surface area contributed by atoms with Crippen molar-refractivity contribution in [3.63, 3.8) is 0 Å². The molecular weight excluding hydrogens is 379 g/mol. The number of hydrogen-bond donors (Lipinski definition) is 1. The monoisotopic (exact) mass is 400 g/mol. The standard InChI is InChI=1S/C17H21FN2O4S2/c1-4-20(5-2)26(23,24)16-9-7-15(8-10-16)25(21,22)19-17-11-6-14(18)12-13(17)3/h6-12,19H,4-5H2,1-3H3. The van der Waals surface area contributed by atoms with Crippen molar-refractivity contribution in [3.05, 3.63) is 53.8 Å². The normalized spacial score (nSPS) is 12.3. The zero-order chi connectivity index (χ0) is 19.5. The van der Waals surface area contributed by atoms with E-state index in [0.29, 0.717) is 18.7 Å². The first-order valence-electron chi connectivity index (χ1n) is 8.01. The second kappa shape index (κ2) is 7.73. The Morgan fingerprint density at radius 3 is 1.96 bits per heavy atom. The first kappa shape index (κ1) is 20.3. The highest BCUT2D eigenvalue weighted by atomic mass is 32.2. The van der Waals surface area contributed by atoms with Crippen LogP contribution in [0, 0.1) is 12.7 Å². The van der Waals surface area contributed by atoms with E-state index in [0.717, 1.165) is 6.07 Å². The second-order valence-corrected chi connectivity index (χ2v) is 9.25. The topological polar surface area (TPSA) is 83.6 Å². The molecule has 0 aliphatic heterocycles. The van der Waals surface area contributed by atoms with E-state index in [9.17, 15) is 21.2 Å². The molecule has 0 amide bonds. The Morgan fingerprint density at radius 1 is 0.923 bits per heavy atom. The van der Waals surface area contributed by atoms with Crippen LogP contribution in [-0.2, 0) is 20.0 Å². The summed E-state index contributed by atoms with van der Waals surface area (Å²) in [6.45, 7) is 5.69. The van der Waals surface area contributed by atoms with Crippen LogP contribution in [0.1, 0.15) is 19.4 Å². The molecule has 0 bridgehead atoms. The first-order chi connectivity index (χ1) is 12.1. The van der Waals surface area contributed by atoms with Crippen molar-refractivity contribution in [2.24, 2.45) is 0 Å². The van der Waals surface area contributed by atoms with Crippen LogP contribution in [-0.4, -0.2) is 34.2 Å². The van der Waals surface area contributed by atoms with E-state index in [2.05, 4.69) is 4.72 Å². The van der Waals surface area contributed by atoms with Gasteiger partial charge in [-0.1, -0.05) is 13.8 Å². The highest BCUT2D eigenvalue weighted by Gasteiger charge is 2.23. The van der Waals surface area contributed by atoms with Gasteiger partial charge in [0.1, 0.15) is 5.82 Å². The van der Waals surface area contributed by atoms with Gasteiger partial charge in [-0.15, -0.1) is 0 Å². The van der Waals surface area contributed by atoms with E-state index >= 15 is 0 Å². The lowest BCUT2D eigenvalue weighted by molar-refractivity contribution is 0.445. The summed E-state index contributed by atoms with van der Waals surface area (Å²) >= 11 is 0. The molecule has 0 fully saturated rings. The average Bonchev–Trinajstić information content (AvgIpc) is 2.58. The number of aryl methyl sites for hydroxylation is 1. The van der Waals surface area contributed by atoms with E-state index in [1.807, 2.05) is 0 Å². The third kappa shape index (κ3) is 4.22. The molecule has 0 saturated heterocycles. The van der Waals surface area contributed by atoms with Crippen molar-refractivity contribution in [1.82, 2.24) is 4.31 Å². The first-order valence-corrected chi connectivity index (χ1v) is 10.9. The highest BCUT2D eigenvalue weighted by molar-refractivity contribution is 7.92. The van der Waals surface area contributed by atoms with Gasteiger partial charge in [0.05, 0.1) is 15.5 Å². The lowest BCUT2D eigenvalue weighted by atomic mass is 10.2. The van der Waals surface area contributed by atoms with E-state index in [-0.39, 0.29) is 15.5 Å². The van der Waals surface area contributed by atoms with Gasteiger partial charge in [0.2, 0.25) is 10.0 Å². The quantitative estimate of drug-likeness (QED) is 0.774. The molecule has 142 valence electrons. The van der Waals surface area contributed by atoms with Crippen LogP contribution in [0.3, 0.4) is 0 Å². The maximum Gasteiger partial charge on any atom is 0.261 e. The molecule has 0 aliphatic carbocycles. The van der Waals surface area contributed by atoms with Gasteiger partial charge in [-0.05, 0) is 55.0 Å². The van der Waals surface area contributed by atoms with Crippen LogP contribution < -0.4 is 4.72 Å². The minimum atomic E-state index is -3.92. The fourth-order valence-electron chi connectivity index (χ4n) is 2.45. The van der Waals surface area contributed by atoms with E-state index in [1.165, 1.54) is 40.7 Å². The van der Waals surface area contributed by atoms with Gasteiger partial charge in [0.15, 0.2) is 0 Å². The van der Waals surface area contributed by atoms with Crippen LogP contribution in [0.15, 0.2) is 52.3 Å². The van der Waals surface area contributed by atoms with E-state index in [4.69, 9.17) is 0 Å². The number of nitrogens with one attached hydrogen (secondary N) is 1. The molecule has 2 rings (SSSR count). The van der Waals surface area contributed by atoms with Crippen molar-refractivity contribution in [3.8, 4) is 0 Å². The third-order valence-electron chi connectivity index (χ3n) is 3.91. The summed E-state index contributed by atoms with van der Waals surface area (Å²) in [6.07, 6.45) is 0. The average molecular weight is 400 g/mol. The molecule has 0 radical (unpaired) electrons. The van der Waals surface area contributed by atoms with Gasteiger partial charge >= 0.3 is 0 Å². The molecule has 0 atom stereocenters. The molecule has 0 spiro atoms. The van der Waals surface area contributed by atoms with E-state index in [1.54, 1.807) is 20.8 Å². The Hall–Kier alpha value is -1.97. The molecule has 0 unspecified atom stereocenters. The number of hydrogen-bond acceptors (Lipinski definition) is 4. The zero-order valence-corrected chi connectivity index (χ0v) is 16.4. The van der Waals surface area contributed by atoms with Crippen molar-refractivity contribution in [2.75, 3.05) is 17.8 Å². The predicted molar refractivity (Wildman–Crippen MR) is 98.5 cm³/mol. The summed E-state index contributed by atoms with van der Waals surface area (Å²) in [4.78, 5) is -0.0576. The van der Waals surface area contributed by atoms with Gasteiger partial charge in [0.25, 0.3) is 10.0 Å². The van der Waals surface area contributed by atoms with Crippen LogP contribution >= 0.6 is 0 Å². The molecule has 0 heterocycles. The van der Waals surface area contributed by atoms with Crippen molar-refractivity contribution in [2.45, 2.75) is 30.6 Å².